The van der Waals surface area contributed by atoms with Crippen LogP contribution in [0.1, 0.15) is 92.9 Å². The Bertz CT molecular complexity index is 1900. The van der Waals surface area contributed by atoms with Gasteiger partial charge in [-0.2, -0.15) is 0 Å². The lowest BCUT2D eigenvalue weighted by Crippen LogP contribution is -2.08. The predicted molar refractivity (Wildman–Crippen MR) is 175 cm³/mol. The minimum atomic E-state index is -0.911. The van der Waals surface area contributed by atoms with Gasteiger partial charge in [0.15, 0.2) is 0 Å². The standard InChI is InChI=1S/C38H32N2O4/c41-37(42)33-27-14-5-7-18-31(27)39-35-25(12-1-3-16-29(33)35)21-23-10-9-11-24(20-23)22-26-13-2-4-17-30-34(38(43)44)28-15-6-8-19-32(28)40-36(26)30/h5-11,14-15,18-22H,1-4,12-13,16-17H2,(H,41,42)(H,43,44)/b25-21+,26-22+. The van der Waals surface area contributed by atoms with Crippen molar-refractivity contribution in [3.63, 3.8) is 0 Å². The van der Waals surface area contributed by atoms with Gasteiger partial charge in [0.2, 0.25) is 0 Å². The number of pyridine rings is 2. The molecule has 44 heavy (non-hydrogen) atoms. The highest BCUT2D eigenvalue weighted by atomic mass is 16.4. The Balaban J connectivity index is 1.33. The van der Waals surface area contributed by atoms with E-state index < -0.39 is 11.9 Å². The average molecular weight is 581 g/mol. The molecule has 2 N–H and O–H groups in total. The Kier molecular flexibility index (Phi) is 7.26. The third kappa shape index (κ3) is 5.06. The van der Waals surface area contributed by atoms with E-state index in [1.54, 1.807) is 0 Å². The topological polar surface area (TPSA) is 100 Å². The minimum absolute atomic E-state index is 0.365. The molecule has 2 aromatic heterocycles. The first-order valence-electron chi connectivity index (χ1n) is 15.3. The molecule has 6 nitrogen and oxygen atoms in total. The summed E-state index contributed by atoms with van der Waals surface area (Å²) in [6, 6.07) is 23.3. The zero-order chi connectivity index (χ0) is 30.2. The Hall–Kier alpha value is -5.10. The first-order chi connectivity index (χ1) is 21.5. The maximum atomic E-state index is 12.4. The van der Waals surface area contributed by atoms with Gasteiger partial charge >= 0.3 is 11.9 Å². The fourth-order valence-electron chi connectivity index (χ4n) is 6.90. The Morgan fingerprint density at radius 2 is 1.00 bits per heavy atom. The summed E-state index contributed by atoms with van der Waals surface area (Å²) in [5, 5.41) is 21.8. The van der Waals surface area contributed by atoms with E-state index in [1.807, 2.05) is 54.6 Å². The number of nitrogens with zero attached hydrogens (tertiary/aromatic N) is 2. The van der Waals surface area contributed by atoms with Crippen molar-refractivity contribution in [1.29, 1.82) is 0 Å². The molecule has 218 valence electrons. The smallest absolute Gasteiger partial charge is 0.336 e. The highest BCUT2D eigenvalue weighted by Gasteiger charge is 2.25. The molecule has 5 aromatic rings. The van der Waals surface area contributed by atoms with Gasteiger partial charge in [0.1, 0.15) is 0 Å². The molecule has 0 saturated heterocycles. The van der Waals surface area contributed by atoms with Gasteiger partial charge in [-0.1, -0.05) is 54.6 Å². The molecule has 2 heterocycles. The number of carboxylic acids is 2. The van der Waals surface area contributed by atoms with Crippen LogP contribution < -0.4 is 0 Å². The summed E-state index contributed by atoms with van der Waals surface area (Å²) in [6.07, 6.45) is 11.1. The summed E-state index contributed by atoms with van der Waals surface area (Å²) in [5.41, 5.74) is 9.47. The molecule has 0 aliphatic heterocycles. The number of benzene rings is 3. The highest BCUT2D eigenvalue weighted by molar-refractivity contribution is 6.07. The molecular weight excluding hydrogens is 548 g/mol. The summed E-state index contributed by atoms with van der Waals surface area (Å²) < 4.78 is 0. The molecule has 0 amide bonds. The molecule has 3 aromatic carbocycles. The summed E-state index contributed by atoms with van der Waals surface area (Å²) >= 11 is 0. The first-order valence-corrected chi connectivity index (χ1v) is 15.3. The number of fused-ring (bicyclic) bond motifs is 4. The van der Waals surface area contributed by atoms with Crippen LogP contribution >= 0.6 is 0 Å². The normalized spacial score (nSPS) is 16.8. The number of carbonyl (C=O) groups is 2. The SMILES string of the molecule is O=C(O)c1c2c(nc3ccccc13)/C(=C/c1cccc(/C=C3\CCCCc4c3nc3ccccc3c4C(=O)O)c1)CCCC2. The van der Waals surface area contributed by atoms with Crippen LogP contribution in [0.3, 0.4) is 0 Å². The molecule has 0 bridgehead atoms. The van der Waals surface area contributed by atoms with E-state index in [2.05, 4.69) is 30.4 Å². The molecule has 6 heteroatoms. The molecule has 7 rings (SSSR count). The molecule has 2 aliphatic carbocycles. The summed E-state index contributed by atoms with van der Waals surface area (Å²) in [4.78, 5) is 34.9. The van der Waals surface area contributed by atoms with E-state index in [-0.39, 0.29) is 0 Å². The number of rotatable bonds is 4. The maximum Gasteiger partial charge on any atom is 0.336 e. The van der Waals surface area contributed by atoms with Crippen molar-refractivity contribution in [1.82, 2.24) is 9.97 Å². The minimum Gasteiger partial charge on any atom is -0.478 e. The second-order valence-corrected chi connectivity index (χ2v) is 11.7. The second kappa shape index (κ2) is 11.5. The Morgan fingerprint density at radius 3 is 1.45 bits per heavy atom. The number of carboxylic acid groups (broad SMARTS) is 2. The summed E-state index contributed by atoms with van der Waals surface area (Å²) in [6.45, 7) is 0. The molecule has 2 aliphatic rings. The molecule has 0 spiro atoms. The third-order valence-electron chi connectivity index (χ3n) is 8.86. The van der Waals surface area contributed by atoms with Crippen molar-refractivity contribution >= 4 is 57.0 Å². The van der Waals surface area contributed by atoms with Crippen molar-refractivity contribution in [2.24, 2.45) is 0 Å². The number of para-hydroxylation sites is 2. The van der Waals surface area contributed by atoms with Crippen molar-refractivity contribution in [2.45, 2.75) is 51.4 Å². The van der Waals surface area contributed by atoms with Crippen LogP contribution in [0.4, 0.5) is 0 Å². The lowest BCUT2D eigenvalue weighted by atomic mass is 9.93. The predicted octanol–water partition coefficient (Wildman–Crippen LogP) is 8.71. The Labute approximate surface area is 255 Å². The van der Waals surface area contributed by atoms with Crippen LogP contribution in [0.2, 0.25) is 0 Å². The van der Waals surface area contributed by atoms with E-state index in [9.17, 15) is 19.8 Å². The zero-order valence-corrected chi connectivity index (χ0v) is 24.3. The van der Waals surface area contributed by atoms with Gasteiger partial charge < -0.3 is 10.2 Å². The van der Waals surface area contributed by atoms with Gasteiger partial charge in [0.25, 0.3) is 0 Å². The quantitative estimate of drug-likeness (QED) is 0.206. The lowest BCUT2D eigenvalue weighted by Gasteiger charge is -2.15. The number of aromatic nitrogens is 2. The van der Waals surface area contributed by atoms with Crippen molar-refractivity contribution < 1.29 is 19.8 Å². The number of allylic oxidation sites excluding steroid dienone is 2. The maximum absolute atomic E-state index is 12.4. The zero-order valence-electron chi connectivity index (χ0n) is 24.3. The highest BCUT2D eigenvalue weighted by Crippen LogP contribution is 2.37. The van der Waals surface area contributed by atoms with Crippen LogP contribution in [0.25, 0.3) is 45.1 Å². The lowest BCUT2D eigenvalue weighted by molar-refractivity contribution is 0.0686. The number of hydrogen-bond acceptors (Lipinski definition) is 4. The van der Waals surface area contributed by atoms with Crippen molar-refractivity contribution in [2.75, 3.05) is 0 Å². The van der Waals surface area contributed by atoms with Gasteiger partial charge in [0.05, 0.1) is 33.5 Å². The third-order valence-corrected chi connectivity index (χ3v) is 8.86. The molecular formula is C38H32N2O4. The molecule has 0 fully saturated rings. The molecule has 0 atom stereocenters. The Morgan fingerprint density at radius 1 is 0.568 bits per heavy atom. The molecule has 0 radical (unpaired) electrons. The van der Waals surface area contributed by atoms with Crippen LogP contribution in [-0.2, 0) is 12.8 Å². The van der Waals surface area contributed by atoms with Crippen LogP contribution in [0.5, 0.6) is 0 Å². The summed E-state index contributed by atoms with van der Waals surface area (Å²) in [7, 11) is 0. The van der Waals surface area contributed by atoms with Gasteiger partial charge in [-0.3, -0.25) is 0 Å². The van der Waals surface area contributed by atoms with E-state index in [0.717, 1.165) is 83.3 Å². The average Bonchev–Trinajstić information content (AvgIpc) is 3.34. The summed E-state index contributed by atoms with van der Waals surface area (Å²) in [5.74, 6) is -1.82. The number of aromatic carboxylic acids is 2. The molecule has 0 saturated carbocycles. The van der Waals surface area contributed by atoms with Gasteiger partial charge in [-0.05, 0) is 115 Å². The van der Waals surface area contributed by atoms with Gasteiger partial charge in [-0.15, -0.1) is 0 Å². The van der Waals surface area contributed by atoms with Crippen LogP contribution in [0, 0.1) is 0 Å². The van der Waals surface area contributed by atoms with Crippen LogP contribution in [0.15, 0.2) is 72.8 Å². The monoisotopic (exact) mass is 580 g/mol. The van der Waals surface area contributed by atoms with Crippen molar-refractivity contribution in [3.05, 3.63) is 118 Å². The van der Waals surface area contributed by atoms with E-state index in [1.165, 1.54) is 0 Å². The fraction of sp³-hybridized carbons (Fsp3) is 0.211. The first kappa shape index (κ1) is 27.7. The second-order valence-electron chi connectivity index (χ2n) is 11.7. The largest absolute Gasteiger partial charge is 0.478 e. The van der Waals surface area contributed by atoms with Crippen LogP contribution in [-0.4, -0.2) is 32.1 Å². The van der Waals surface area contributed by atoms with Gasteiger partial charge in [-0.25, -0.2) is 19.6 Å². The van der Waals surface area contributed by atoms with E-state index in [0.29, 0.717) is 45.8 Å². The van der Waals surface area contributed by atoms with Gasteiger partial charge in [0, 0.05) is 10.8 Å². The molecule has 0 unspecified atom stereocenters. The fourth-order valence-corrected chi connectivity index (χ4v) is 6.90. The van der Waals surface area contributed by atoms with E-state index >= 15 is 0 Å². The number of hydrogen-bond donors (Lipinski definition) is 2. The van der Waals surface area contributed by atoms with Crippen molar-refractivity contribution in [3.8, 4) is 0 Å². The van der Waals surface area contributed by atoms with E-state index in [4.69, 9.17) is 9.97 Å².